The van der Waals surface area contributed by atoms with E-state index in [0.717, 1.165) is 0 Å². The molecule has 0 fully saturated rings. The number of ether oxygens (including phenoxy) is 1. The van der Waals surface area contributed by atoms with Gasteiger partial charge in [-0.1, -0.05) is 48.5 Å². The number of rotatable bonds is 8. The number of Topliss-reactive ketones (excluding diaryl/α,β-unsaturated/α-hetero) is 2. The molecule has 1 N–H and O–H groups in total. The van der Waals surface area contributed by atoms with Crippen molar-refractivity contribution in [3.05, 3.63) is 95.6 Å². The molecule has 0 aliphatic carbocycles. The van der Waals surface area contributed by atoms with Gasteiger partial charge in [0.1, 0.15) is 5.75 Å². The monoisotopic (exact) mass is 531 g/mol. The highest BCUT2D eigenvalue weighted by Crippen LogP contribution is 2.37. The van der Waals surface area contributed by atoms with E-state index in [2.05, 4.69) is 5.32 Å². The van der Waals surface area contributed by atoms with Crippen molar-refractivity contribution < 1.29 is 40.7 Å². The van der Waals surface area contributed by atoms with Gasteiger partial charge in [0, 0.05) is 11.3 Å². The second-order valence-corrected chi connectivity index (χ2v) is 7.58. The molecule has 0 radical (unpaired) electrons. The van der Waals surface area contributed by atoms with Crippen molar-refractivity contribution >= 4 is 29.7 Å². The summed E-state index contributed by atoms with van der Waals surface area (Å²) in [5, 5.41) is 2.29. The first-order valence-electron chi connectivity index (χ1n) is 10.3. The summed E-state index contributed by atoms with van der Waals surface area (Å²) in [4.78, 5) is 26.3. The molecule has 2 unspecified atom stereocenters. The first-order valence-corrected chi connectivity index (χ1v) is 10.3. The number of carbonyl (C=O) groups excluding carboxylic acids is 2. The predicted molar refractivity (Wildman–Crippen MR) is 123 cm³/mol. The Bertz CT molecular complexity index is 1150. The minimum Gasteiger partial charge on any atom is -0.483 e. The molecule has 3 aromatic rings. The summed E-state index contributed by atoms with van der Waals surface area (Å²) in [6, 6.07) is 14.4. The van der Waals surface area contributed by atoms with Crippen LogP contribution in [0.2, 0.25) is 0 Å². The lowest BCUT2D eigenvalue weighted by Gasteiger charge is -2.23. The third-order valence-electron chi connectivity index (χ3n) is 4.96. The minimum absolute atomic E-state index is 0. The van der Waals surface area contributed by atoms with Crippen LogP contribution in [-0.4, -0.2) is 23.7 Å². The molecular weight excluding hydrogens is 512 g/mol. The Morgan fingerprint density at radius 2 is 1.25 bits per heavy atom. The molecule has 3 aromatic carbocycles. The Kier molecular flexibility index (Phi) is 9.15. The van der Waals surface area contributed by atoms with Crippen LogP contribution in [0.4, 0.5) is 32.0 Å². The average molecular weight is 532 g/mol. The van der Waals surface area contributed by atoms with Crippen molar-refractivity contribution in [3.8, 4) is 5.75 Å². The number of carbonyl (C=O) groups is 2. The van der Waals surface area contributed by atoms with Crippen LogP contribution in [0, 0.1) is 0 Å². The maximum atomic E-state index is 13.3. The minimum atomic E-state index is -5.09. The van der Waals surface area contributed by atoms with Crippen molar-refractivity contribution in [2.24, 2.45) is 0 Å². The Labute approximate surface area is 208 Å². The first kappa shape index (κ1) is 28.7. The van der Waals surface area contributed by atoms with Gasteiger partial charge in [0.15, 0.2) is 17.9 Å². The summed E-state index contributed by atoms with van der Waals surface area (Å²) in [5.41, 5.74) is -3.82. The van der Waals surface area contributed by atoms with Crippen LogP contribution in [0.15, 0.2) is 78.9 Å². The zero-order valence-corrected chi connectivity index (χ0v) is 19.4. The molecular formula is C25H20ClF6NO3. The van der Waals surface area contributed by atoms with Crippen LogP contribution in [0.3, 0.4) is 0 Å². The number of alkyl halides is 6. The maximum absolute atomic E-state index is 13.3. The van der Waals surface area contributed by atoms with Gasteiger partial charge in [-0.3, -0.25) is 9.59 Å². The average Bonchev–Trinajstić information content (AvgIpc) is 2.81. The molecule has 3 rings (SSSR count). The van der Waals surface area contributed by atoms with Crippen LogP contribution in [0.1, 0.15) is 28.4 Å². The zero-order valence-electron chi connectivity index (χ0n) is 18.6. The van der Waals surface area contributed by atoms with Gasteiger partial charge >= 0.3 is 12.4 Å². The third-order valence-corrected chi connectivity index (χ3v) is 4.96. The molecule has 0 amide bonds. The summed E-state index contributed by atoms with van der Waals surface area (Å²) >= 11 is 0. The normalized spacial score (nSPS) is 13.2. The van der Waals surface area contributed by atoms with Gasteiger partial charge in [0.2, 0.25) is 5.78 Å². The fourth-order valence-corrected chi connectivity index (χ4v) is 3.24. The smallest absolute Gasteiger partial charge is 0.416 e. The van der Waals surface area contributed by atoms with E-state index in [-0.39, 0.29) is 29.8 Å². The Balaban J connectivity index is 0.00000456. The van der Waals surface area contributed by atoms with Gasteiger partial charge in [-0.15, -0.1) is 12.4 Å². The molecule has 0 spiro atoms. The van der Waals surface area contributed by atoms with E-state index in [9.17, 15) is 35.9 Å². The van der Waals surface area contributed by atoms with E-state index >= 15 is 0 Å². The number of anilines is 1. The van der Waals surface area contributed by atoms with Crippen molar-refractivity contribution in [2.75, 3.05) is 5.32 Å². The third kappa shape index (κ3) is 7.24. The molecule has 0 bridgehead atoms. The first-order chi connectivity index (χ1) is 16.4. The molecule has 0 saturated heterocycles. The standard InChI is InChI=1S/C25H19F6NO3.ClH/c1-15(35-20-10-6-3-7-11-20)22(33)21(23(34)16-8-4-2-5-9-16)32-19-13-17(24(26,27)28)12-18(14-19)25(29,30)31;/h2-15,21,32H,1H3;1H. The van der Waals surface area contributed by atoms with Crippen LogP contribution in [0.5, 0.6) is 5.75 Å². The Hall–Kier alpha value is -3.53. The van der Waals surface area contributed by atoms with Gasteiger partial charge in [-0.2, -0.15) is 26.3 Å². The van der Waals surface area contributed by atoms with E-state index in [1.54, 1.807) is 36.4 Å². The highest BCUT2D eigenvalue weighted by Gasteiger charge is 2.38. The van der Waals surface area contributed by atoms with E-state index in [4.69, 9.17) is 4.74 Å². The van der Waals surface area contributed by atoms with Gasteiger partial charge in [0.25, 0.3) is 0 Å². The van der Waals surface area contributed by atoms with E-state index < -0.39 is 52.9 Å². The van der Waals surface area contributed by atoms with E-state index in [1.165, 1.54) is 31.2 Å². The highest BCUT2D eigenvalue weighted by molar-refractivity contribution is 6.17. The molecule has 4 nitrogen and oxygen atoms in total. The highest BCUT2D eigenvalue weighted by atomic mass is 35.5. The summed E-state index contributed by atoms with van der Waals surface area (Å²) in [6.07, 6.45) is -11.4. The number of hydrogen-bond donors (Lipinski definition) is 1. The topological polar surface area (TPSA) is 55.4 Å². The van der Waals surface area contributed by atoms with Gasteiger partial charge < -0.3 is 10.1 Å². The lowest BCUT2D eigenvalue weighted by Crippen LogP contribution is -2.44. The number of nitrogens with one attached hydrogen (secondary N) is 1. The molecule has 2 atom stereocenters. The van der Waals surface area contributed by atoms with Crippen molar-refractivity contribution in [2.45, 2.75) is 31.4 Å². The lowest BCUT2D eigenvalue weighted by molar-refractivity contribution is -0.143. The molecule has 36 heavy (non-hydrogen) atoms. The van der Waals surface area contributed by atoms with Gasteiger partial charge in [-0.05, 0) is 37.3 Å². The maximum Gasteiger partial charge on any atom is 0.416 e. The number of para-hydroxylation sites is 1. The molecule has 11 heteroatoms. The largest absolute Gasteiger partial charge is 0.483 e. The number of ketones is 2. The van der Waals surface area contributed by atoms with Crippen molar-refractivity contribution in [3.63, 3.8) is 0 Å². The van der Waals surface area contributed by atoms with Crippen LogP contribution in [0.25, 0.3) is 0 Å². The van der Waals surface area contributed by atoms with E-state index in [1.807, 2.05) is 0 Å². The lowest BCUT2D eigenvalue weighted by atomic mass is 9.97. The molecule has 0 heterocycles. The van der Waals surface area contributed by atoms with Crippen LogP contribution < -0.4 is 10.1 Å². The number of halogens is 7. The fraction of sp³-hybridized carbons (Fsp3) is 0.200. The second kappa shape index (κ2) is 11.5. The number of benzene rings is 3. The SMILES string of the molecule is CC(Oc1ccccc1)C(=O)C(Nc1cc(C(F)(F)F)cc(C(F)(F)F)c1)C(=O)c1ccccc1.Cl. The van der Waals surface area contributed by atoms with Gasteiger partial charge in [0.05, 0.1) is 11.1 Å². The van der Waals surface area contributed by atoms with Crippen LogP contribution in [-0.2, 0) is 17.1 Å². The summed E-state index contributed by atoms with van der Waals surface area (Å²) < 4.78 is 85.2. The quantitative estimate of drug-likeness (QED) is 0.196. The summed E-state index contributed by atoms with van der Waals surface area (Å²) in [7, 11) is 0. The number of hydrogen-bond acceptors (Lipinski definition) is 4. The summed E-state index contributed by atoms with van der Waals surface area (Å²) in [6.45, 7) is 1.33. The molecule has 0 aromatic heterocycles. The molecule has 0 aliphatic rings. The molecule has 0 aliphatic heterocycles. The Morgan fingerprint density at radius 3 is 1.72 bits per heavy atom. The molecule has 0 saturated carbocycles. The Morgan fingerprint density at radius 1 is 0.778 bits per heavy atom. The van der Waals surface area contributed by atoms with Crippen LogP contribution >= 0.6 is 12.4 Å². The fourth-order valence-electron chi connectivity index (χ4n) is 3.24. The van der Waals surface area contributed by atoms with E-state index in [0.29, 0.717) is 12.1 Å². The van der Waals surface area contributed by atoms with Crippen molar-refractivity contribution in [1.29, 1.82) is 0 Å². The van der Waals surface area contributed by atoms with Crippen molar-refractivity contribution in [1.82, 2.24) is 0 Å². The molecule has 192 valence electrons. The zero-order chi connectivity index (χ0) is 25.8. The summed E-state index contributed by atoms with van der Waals surface area (Å²) in [5.74, 6) is -1.43. The second-order valence-electron chi connectivity index (χ2n) is 7.58. The predicted octanol–water partition coefficient (Wildman–Crippen LogP) is 6.85. The van der Waals surface area contributed by atoms with Gasteiger partial charge in [-0.25, -0.2) is 0 Å².